The van der Waals surface area contributed by atoms with Crippen LogP contribution >= 0.6 is 0 Å². The Morgan fingerprint density at radius 2 is 0.481 bits per heavy atom. The highest BCUT2D eigenvalue weighted by Gasteiger charge is 2.24. The molecular formula is C100H60N6O2. The topological polar surface area (TPSA) is 104 Å². The van der Waals surface area contributed by atoms with E-state index in [1.807, 2.05) is 91.0 Å². The molecule has 0 amide bonds. The van der Waals surface area contributed by atoms with Crippen LogP contribution in [-0.4, -0.2) is 29.9 Å². The molecule has 0 spiro atoms. The number of rotatable bonds is 12. The molecule has 4 aromatic heterocycles. The van der Waals surface area contributed by atoms with E-state index in [2.05, 4.69) is 273 Å². The molecule has 0 bridgehead atoms. The lowest BCUT2D eigenvalue weighted by molar-refractivity contribution is 0.670. The summed E-state index contributed by atoms with van der Waals surface area (Å²) in [6.07, 6.45) is 0. The summed E-state index contributed by atoms with van der Waals surface area (Å²) < 4.78 is 14.1. The van der Waals surface area contributed by atoms with Crippen LogP contribution in [0, 0.1) is 0 Å². The average molecular weight is 1380 g/mol. The van der Waals surface area contributed by atoms with Crippen molar-refractivity contribution in [3.63, 3.8) is 0 Å². The van der Waals surface area contributed by atoms with Crippen molar-refractivity contribution < 1.29 is 8.83 Å². The third kappa shape index (κ3) is 10.9. The molecule has 0 aliphatic heterocycles. The number of aromatic nitrogens is 6. The lowest BCUT2D eigenvalue weighted by atomic mass is 9.90. The zero-order valence-electron chi connectivity index (χ0n) is 58.1. The maximum absolute atomic E-state index is 7.13. The van der Waals surface area contributed by atoms with Gasteiger partial charge in [-0.2, -0.15) is 0 Å². The summed E-state index contributed by atoms with van der Waals surface area (Å²) in [5, 5.41) is 13.3. The van der Waals surface area contributed by atoms with Crippen molar-refractivity contribution >= 4 is 87.0 Å². The summed E-state index contributed by atoms with van der Waals surface area (Å²) in [5.74, 6) is 3.60. The molecule has 108 heavy (non-hydrogen) atoms. The molecular weight excluding hydrogens is 1320 g/mol. The van der Waals surface area contributed by atoms with Crippen LogP contribution in [0.25, 0.3) is 222 Å². The first-order valence-corrected chi connectivity index (χ1v) is 36.4. The molecule has 0 aliphatic rings. The quantitative estimate of drug-likeness (QED) is 0.119. The van der Waals surface area contributed by atoms with Gasteiger partial charge in [-0.25, -0.2) is 29.9 Å². The van der Waals surface area contributed by atoms with Crippen LogP contribution in [0.15, 0.2) is 373 Å². The largest absolute Gasteiger partial charge is 0.455 e. The molecule has 0 N–H and O–H groups in total. The normalized spacial score (nSPS) is 11.7. The van der Waals surface area contributed by atoms with Crippen molar-refractivity contribution in [2.75, 3.05) is 0 Å². The van der Waals surface area contributed by atoms with Crippen LogP contribution in [-0.2, 0) is 0 Å². The van der Waals surface area contributed by atoms with Gasteiger partial charge in [0, 0.05) is 66.1 Å². The highest BCUT2D eigenvalue weighted by atomic mass is 16.3. The molecule has 21 rings (SSSR count). The Morgan fingerprint density at radius 3 is 1.02 bits per heavy atom. The van der Waals surface area contributed by atoms with Gasteiger partial charge >= 0.3 is 0 Å². The van der Waals surface area contributed by atoms with E-state index in [0.29, 0.717) is 34.9 Å². The molecule has 502 valence electrons. The van der Waals surface area contributed by atoms with Crippen molar-refractivity contribution in [2.24, 2.45) is 0 Å². The fraction of sp³-hybridized carbons (Fsp3) is 0. The Balaban J connectivity index is 0.612. The van der Waals surface area contributed by atoms with Crippen LogP contribution in [0.3, 0.4) is 0 Å². The third-order valence-corrected chi connectivity index (χ3v) is 21.2. The molecule has 0 saturated heterocycles. The number of nitrogens with zero attached hydrogens (tertiary/aromatic N) is 6. The molecule has 0 saturated carbocycles. The van der Waals surface area contributed by atoms with Gasteiger partial charge in [0.05, 0.1) is 0 Å². The van der Waals surface area contributed by atoms with Gasteiger partial charge in [0.2, 0.25) is 0 Å². The minimum Gasteiger partial charge on any atom is -0.455 e. The number of hydrogen-bond donors (Lipinski definition) is 0. The zero-order chi connectivity index (χ0) is 71.2. The highest BCUT2D eigenvalue weighted by Crippen LogP contribution is 2.48. The predicted octanol–water partition coefficient (Wildman–Crippen LogP) is 26.5. The molecule has 0 aliphatic carbocycles. The Hall–Kier alpha value is -14.6. The first-order valence-electron chi connectivity index (χ1n) is 36.4. The Kier molecular flexibility index (Phi) is 14.7. The van der Waals surface area contributed by atoms with Gasteiger partial charge in [0.15, 0.2) is 34.9 Å². The molecule has 0 radical (unpaired) electrons. The van der Waals surface area contributed by atoms with Crippen LogP contribution < -0.4 is 0 Å². The van der Waals surface area contributed by atoms with Crippen LogP contribution in [0.5, 0.6) is 0 Å². The fourth-order valence-corrected chi connectivity index (χ4v) is 15.8. The van der Waals surface area contributed by atoms with Gasteiger partial charge in [-0.05, 0) is 159 Å². The Labute approximate surface area is 620 Å². The van der Waals surface area contributed by atoms with E-state index in [1.165, 1.54) is 10.8 Å². The minimum absolute atomic E-state index is 0.580. The van der Waals surface area contributed by atoms with Gasteiger partial charge in [-0.3, -0.25) is 0 Å². The zero-order valence-corrected chi connectivity index (χ0v) is 58.1. The maximum Gasteiger partial charge on any atom is 0.164 e. The summed E-state index contributed by atoms with van der Waals surface area (Å²) in [4.78, 5) is 31.0. The minimum atomic E-state index is 0.580. The molecule has 4 heterocycles. The van der Waals surface area contributed by atoms with Gasteiger partial charge in [-0.15, -0.1) is 0 Å². The predicted molar refractivity (Wildman–Crippen MR) is 443 cm³/mol. The van der Waals surface area contributed by atoms with Crippen LogP contribution in [0.4, 0.5) is 0 Å². The average Bonchev–Trinajstić information content (AvgIpc) is 1.54. The van der Waals surface area contributed by atoms with E-state index in [0.717, 1.165) is 176 Å². The molecule has 0 unspecified atom stereocenters. The standard InChI is InChI=1S/C100H60N6O2/c1-4-21-65(22-5-1)95-101-98(68-45-43-63(44-46-68)79-48-49-81(77-47-40-61-20-10-11-27-69(61)55-77)94-91(79)87-57-73-28-12-14-30-75(73)59-89(87)108-94)104-99(103-95)78-35-19-34-72(56-78)71-33-18-32-70(54-71)62-38-41-64(42-39-62)80-50-52-85(92-88-58-74-29-13-15-31-76(74)60-90(88)107-93(80)92)84-51-53-86(83-37-17-16-36-82(83)84)100-105-96(66-23-6-2-7-24-66)102-97(106-100)67-25-8-3-9-26-67/h1-60H. The van der Waals surface area contributed by atoms with Crippen molar-refractivity contribution in [3.8, 4) is 135 Å². The second kappa shape index (κ2) is 25.7. The second-order valence-corrected chi connectivity index (χ2v) is 27.6. The van der Waals surface area contributed by atoms with Gasteiger partial charge in [0.1, 0.15) is 22.3 Å². The fourth-order valence-electron chi connectivity index (χ4n) is 15.8. The second-order valence-electron chi connectivity index (χ2n) is 27.6. The number of fused-ring (bicyclic) bond motifs is 10. The summed E-state index contributed by atoms with van der Waals surface area (Å²) in [6, 6.07) is 128. The molecule has 8 heteroatoms. The number of hydrogen-bond acceptors (Lipinski definition) is 8. The molecule has 0 fully saturated rings. The van der Waals surface area contributed by atoms with Gasteiger partial charge in [-0.1, -0.05) is 303 Å². The Bertz CT molecular complexity index is 7100. The van der Waals surface area contributed by atoms with E-state index >= 15 is 0 Å². The lowest BCUT2D eigenvalue weighted by Gasteiger charge is -2.15. The first kappa shape index (κ1) is 62.0. The summed E-state index contributed by atoms with van der Waals surface area (Å²) in [6.45, 7) is 0. The third-order valence-electron chi connectivity index (χ3n) is 21.2. The monoisotopic (exact) mass is 1380 g/mol. The number of furan rings is 2. The van der Waals surface area contributed by atoms with Crippen molar-refractivity contribution in [3.05, 3.63) is 364 Å². The molecule has 8 nitrogen and oxygen atoms in total. The molecule has 17 aromatic carbocycles. The first-order chi connectivity index (χ1) is 53.5. The van der Waals surface area contributed by atoms with Crippen LogP contribution in [0.2, 0.25) is 0 Å². The van der Waals surface area contributed by atoms with E-state index in [-0.39, 0.29) is 0 Å². The highest BCUT2D eigenvalue weighted by molar-refractivity contribution is 6.22. The van der Waals surface area contributed by atoms with E-state index in [9.17, 15) is 0 Å². The summed E-state index contributed by atoms with van der Waals surface area (Å²) in [7, 11) is 0. The van der Waals surface area contributed by atoms with Crippen molar-refractivity contribution in [1.82, 2.24) is 29.9 Å². The smallest absolute Gasteiger partial charge is 0.164 e. The van der Waals surface area contributed by atoms with E-state index < -0.39 is 0 Å². The van der Waals surface area contributed by atoms with Gasteiger partial charge < -0.3 is 8.83 Å². The van der Waals surface area contributed by atoms with Crippen LogP contribution in [0.1, 0.15) is 0 Å². The SMILES string of the molecule is c1ccc(-c2nc(-c3ccc(-c4ccc(-c5ccc6ccccc6c5)c5oc6cc7ccccc7cc6c45)cc3)nc(-c3cccc(-c4cccc(-c5ccc(-c6ccc(-c7ccc(-c8nc(-c9ccccc9)nc(-c9ccccc9)n8)c8ccccc78)c7c6oc6cc8ccccc8cc67)cc5)c4)c3)n2)cc1. The molecule has 0 atom stereocenters. The van der Waals surface area contributed by atoms with E-state index in [1.54, 1.807) is 0 Å². The van der Waals surface area contributed by atoms with Crippen molar-refractivity contribution in [2.45, 2.75) is 0 Å². The van der Waals surface area contributed by atoms with Gasteiger partial charge in [0.25, 0.3) is 0 Å². The lowest BCUT2D eigenvalue weighted by Crippen LogP contribution is -2.00. The maximum atomic E-state index is 7.13. The summed E-state index contributed by atoms with van der Waals surface area (Å²) >= 11 is 0. The molecule has 21 aromatic rings. The Morgan fingerprint density at radius 1 is 0.157 bits per heavy atom. The van der Waals surface area contributed by atoms with E-state index in [4.69, 9.17) is 38.7 Å². The summed E-state index contributed by atoms with van der Waals surface area (Å²) in [5.41, 5.74) is 21.6. The number of benzene rings is 17. The van der Waals surface area contributed by atoms with Crippen molar-refractivity contribution in [1.29, 1.82) is 0 Å².